The van der Waals surface area contributed by atoms with Crippen LogP contribution in [0, 0.1) is 5.82 Å². The maximum absolute atomic E-state index is 14.2. The average Bonchev–Trinajstić information content (AvgIpc) is 3.46. The van der Waals surface area contributed by atoms with Crippen molar-refractivity contribution in [2.45, 2.75) is 44.9 Å². The number of sulfone groups is 1. The Bertz CT molecular complexity index is 1570. The molecular weight excluding hydrogens is 533 g/mol. The van der Waals surface area contributed by atoms with Gasteiger partial charge in [-0.25, -0.2) is 17.6 Å². The quantitative estimate of drug-likeness (QED) is 0.430. The van der Waals surface area contributed by atoms with E-state index in [4.69, 9.17) is 4.74 Å². The van der Waals surface area contributed by atoms with Crippen LogP contribution in [0.1, 0.15) is 37.8 Å². The molecule has 0 fully saturated rings. The Hall–Kier alpha value is -4.05. The number of ether oxygens (including phenoxy) is 1. The molecule has 5 rings (SSSR count). The van der Waals surface area contributed by atoms with Crippen molar-refractivity contribution >= 4 is 27.5 Å². The number of aromatic nitrogens is 1. The Labute approximate surface area is 233 Å². The van der Waals surface area contributed by atoms with Crippen molar-refractivity contribution in [1.29, 1.82) is 0 Å². The summed E-state index contributed by atoms with van der Waals surface area (Å²) in [5.74, 6) is -1.61. The molecule has 0 spiro atoms. The van der Waals surface area contributed by atoms with E-state index in [-0.39, 0.29) is 30.6 Å². The fourth-order valence-corrected chi connectivity index (χ4v) is 6.27. The molecule has 0 saturated carbocycles. The third-order valence-corrected chi connectivity index (χ3v) is 8.23. The molecule has 2 amide bonds. The van der Waals surface area contributed by atoms with Gasteiger partial charge >= 0.3 is 6.09 Å². The summed E-state index contributed by atoms with van der Waals surface area (Å²) in [6.07, 6.45) is 4.17. The summed E-state index contributed by atoms with van der Waals surface area (Å²) in [5.41, 5.74) is 2.70. The highest BCUT2D eigenvalue weighted by Gasteiger charge is 2.42. The highest BCUT2D eigenvalue weighted by Crippen LogP contribution is 2.41. The lowest BCUT2D eigenvalue weighted by Gasteiger charge is -2.30. The molecule has 208 valence electrons. The lowest BCUT2D eigenvalue weighted by Crippen LogP contribution is -2.44. The van der Waals surface area contributed by atoms with Crippen LogP contribution in [0.15, 0.2) is 78.5 Å². The number of pyridine rings is 1. The Balaban J connectivity index is 1.54. The summed E-state index contributed by atoms with van der Waals surface area (Å²) < 4.78 is 43.8. The van der Waals surface area contributed by atoms with E-state index in [1.165, 1.54) is 23.1 Å². The van der Waals surface area contributed by atoms with E-state index in [0.717, 1.165) is 22.1 Å². The number of nitrogens with zero attached hydrogens (tertiary/aromatic N) is 3. The molecular formula is C30H30FN3O5S. The molecule has 40 heavy (non-hydrogen) atoms. The lowest BCUT2D eigenvalue weighted by molar-refractivity contribution is -0.134. The van der Waals surface area contributed by atoms with Crippen molar-refractivity contribution in [2.24, 2.45) is 0 Å². The van der Waals surface area contributed by atoms with Crippen LogP contribution in [0.3, 0.4) is 0 Å². The van der Waals surface area contributed by atoms with Crippen molar-refractivity contribution in [2.75, 3.05) is 17.2 Å². The Morgan fingerprint density at radius 3 is 2.35 bits per heavy atom. The molecule has 1 aromatic heterocycles. The number of carbonyl (C=O) groups excluding carboxylic acids is 2. The van der Waals surface area contributed by atoms with Crippen molar-refractivity contribution in [3.8, 4) is 11.1 Å². The normalized spacial score (nSPS) is 19.4. The molecule has 3 heterocycles. The van der Waals surface area contributed by atoms with Gasteiger partial charge in [0.15, 0.2) is 9.84 Å². The smallest absolute Gasteiger partial charge is 0.414 e. The Kier molecular flexibility index (Phi) is 7.22. The molecule has 0 saturated heterocycles. The van der Waals surface area contributed by atoms with Crippen LogP contribution in [0.4, 0.5) is 14.9 Å². The number of hydrogen-bond donors (Lipinski definition) is 0. The zero-order valence-corrected chi connectivity index (χ0v) is 23.3. The second kappa shape index (κ2) is 10.5. The molecule has 0 aliphatic carbocycles. The van der Waals surface area contributed by atoms with Gasteiger partial charge in [-0.1, -0.05) is 24.3 Å². The number of hydrogen-bond acceptors (Lipinski definition) is 6. The minimum Gasteiger partial charge on any atom is -0.443 e. The number of anilines is 1. The fraction of sp³-hybridized carbons (Fsp3) is 0.300. The van der Waals surface area contributed by atoms with Gasteiger partial charge in [-0.2, -0.15) is 0 Å². The highest BCUT2D eigenvalue weighted by atomic mass is 32.2. The van der Waals surface area contributed by atoms with Crippen molar-refractivity contribution in [3.63, 3.8) is 0 Å². The molecule has 2 aliphatic rings. The van der Waals surface area contributed by atoms with Crippen LogP contribution >= 0.6 is 0 Å². The number of fused-ring (bicyclic) bond motifs is 1. The summed E-state index contributed by atoms with van der Waals surface area (Å²) in [5, 5.41) is 1.15. The standard InChI is InChI=1S/C30H30FN3O5S/c1-30(2,3)39-29(36)34-18-26(25-9-6-22(16-27(25)34)21-4-7-23(31)8-5-21)28(35)33(17-20-10-13-32-14-11-20)24-12-15-40(37,38)19-24/h4-16,24,26H,17-19H2,1-3H3. The summed E-state index contributed by atoms with van der Waals surface area (Å²) in [7, 11) is -3.43. The predicted octanol–water partition coefficient (Wildman–Crippen LogP) is 5.07. The highest BCUT2D eigenvalue weighted by molar-refractivity contribution is 7.94. The minimum atomic E-state index is -3.43. The third-order valence-electron chi connectivity index (χ3n) is 6.85. The molecule has 2 unspecified atom stereocenters. The van der Waals surface area contributed by atoms with Gasteiger partial charge in [0, 0.05) is 30.9 Å². The zero-order chi connectivity index (χ0) is 28.7. The topological polar surface area (TPSA) is 96.9 Å². The second-order valence-corrected chi connectivity index (χ2v) is 12.9. The number of benzene rings is 2. The number of rotatable bonds is 5. The third kappa shape index (κ3) is 5.91. The molecule has 2 aromatic carbocycles. The van der Waals surface area contributed by atoms with E-state index in [9.17, 15) is 22.4 Å². The van der Waals surface area contributed by atoms with E-state index < -0.39 is 33.5 Å². The molecule has 2 aliphatic heterocycles. The fourth-order valence-electron chi connectivity index (χ4n) is 4.97. The second-order valence-electron chi connectivity index (χ2n) is 11.0. The zero-order valence-electron chi connectivity index (χ0n) is 22.5. The summed E-state index contributed by atoms with van der Waals surface area (Å²) in [6.45, 7) is 5.51. The van der Waals surface area contributed by atoms with Gasteiger partial charge < -0.3 is 9.64 Å². The van der Waals surface area contributed by atoms with E-state index in [1.807, 2.05) is 6.07 Å². The Morgan fingerprint density at radius 1 is 1.05 bits per heavy atom. The predicted molar refractivity (Wildman–Crippen MR) is 150 cm³/mol. The van der Waals surface area contributed by atoms with Gasteiger partial charge in [0.05, 0.1) is 23.4 Å². The van der Waals surface area contributed by atoms with Gasteiger partial charge in [0.1, 0.15) is 11.4 Å². The molecule has 0 bridgehead atoms. The first kappa shape index (κ1) is 27.5. The van der Waals surface area contributed by atoms with Crippen LogP contribution in [0.5, 0.6) is 0 Å². The first-order valence-corrected chi connectivity index (χ1v) is 14.6. The minimum absolute atomic E-state index is 0.0337. The molecule has 2 atom stereocenters. The SMILES string of the molecule is CC(C)(C)OC(=O)N1CC(C(=O)N(Cc2ccncc2)C2C=CS(=O)(=O)C2)c2ccc(-c3ccc(F)cc3)cc21. The molecule has 8 nitrogen and oxygen atoms in total. The van der Waals surface area contributed by atoms with Gasteiger partial charge in [-0.15, -0.1) is 0 Å². The van der Waals surface area contributed by atoms with Crippen LogP contribution in [0.25, 0.3) is 11.1 Å². The number of halogens is 1. The lowest BCUT2D eigenvalue weighted by atomic mass is 9.95. The first-order chi connectivity index (χ1) is 18.9. The first-order valence-electron chi connectivity index (χ1n) is 12.9. The maximum atomic E-state index is 14.2. The largest absolute Gasteiger partial charge is 0.443 e. The van der Waals surface area contributed by atoms with Gasteiger partial charge in [-0.3, -0.25) is 14.7 Å². The molecule has 3 aromatic rings. The number of amides is 2. The van der Waals surface area contributed by atoms with Gasteiger partial charge in [-0.05, 0) is 79.4 Å². The monoisotopic (exact) mass is 563 g/mol. The molecule has 10 heteroatoms. The summed E-state index contributed by atoms with van der Waals surface area (Å²) in [6, 6.07) is 14.4. The van der Waals surface area contributed by atoms with Crippen LogP contribution in [0.2, 0.25) is 0 Å². The van der Waals surface area contributed by atoms with Crippen molar-refractivity contribution in [3.05, 3.63) is 95.4 Å². The van der Waals surface area contributed by atoms with Crippen molar-refractivity contribution < 1.29 is 27.1 Å². The number of carbonyl (C=O) groups is 2. The van der Waals surface area contributed by atoms with Crippen LogP contribution < -0.4 is 4.90 Å². The molecule has 0 N–H and O–H groups in total. The Morgan fingerprint density at radius 2 is 1.73 bits per heavy atom. The average molecular weight is 564 g/mol. The molecule has 0 radical (unpaired) electrons. The summed E-state index contributed by atoms with van der Waals surface area (Å²) in [4.78, 5) is 34.6. The maximum Gasteiger partial charge on any atom is 0.414 e. The summed E-state index contributed by atoms with van der Waals surface area (Å²) >= 11 is 0. The van der Waals surface area contributed by atoms with E-state index in [2.05, 4.69) is 4.98 Å². The van der Waals surface area contributed by atoms with E-state index >= 15 is 0 Å². The van der Waals surface area contributed by atoms with Crippen LogP contribution in [-0.4, -0.2) is 54.2 Å². The van der Waals surface area contributed by atoms with E-state index in [1.54, 1.807) is 74.5 Å². The van der Waals surface area contributed by atoms with Gasteiger partial charge in [0.25, 0.3) is 0 Å². The van der Waals surface area contributed by atoms with Crippen LogP contribution in [-0.2, 0) is 25.9 Å². The van der Waals surface area contributed by atoms with Crippen molar-refractivity contribution in [1.82, 2.24) is 9.88 Å². The van der Waals surface area contributed by atoms with E-state index in [0.29, 0.717) is 11.3 Å². The van der Waals surface area contributed by atoms with Gasteiger partial charge in [0.2, 0.25) is 5.91 Å².